The molecule has 0 bridgehead atoms. The molecular formula is C13H29N3O3. The van der Waals surface area contributed by atoms with E-state index in [4.69, 9.17) is 14.2 Å². The van der Waals surface area contributed by atoms with Gasteiger partial charge in [-0.1, -0.05) is 0 Å². The normalized spacial score (nSPS) is 12.6. The predicted octanol–water partition coefficient (Wildman–Crippen LogP) is 0.630. The Morgan fingerprint density at radius 3 is 2.42 bits per heavy atom. The largest absolute Gasteiger partial charge is 0.382 e. The maximum atomic E-state index is 5.37. The third-order valence-electron chi connectivity index (χ3n) is 2.49. The Bertz CT molecular complexity index is 245. The molecular weight excluding hydrogens is 246 g/mol. The van der Waals surface area contributed by atoms with Gasteiger partial charge in [0, 0.05) is 27.3 Å². The fraction of sp³-hybridized carbons (Fsp3) is 0.923. The molecule has 19 heavy (non-hydrogen) atoms. The van der Waals surface area contributed by atoms with E-state index in [2.05, 4.69) is 15.6 Å². The Labute approximate surface area is 116 Å². The summed E-state index contributed by atoms with van der Waals surface area (Å²) in [4.78, 5) is 4.48. The number of hydrogen-bond acceptors (Lipinski definition) is 4. The van der Waals surface area contributed by atoms with Gasteiger partial charge in [-0.3, -0.25) is 4.99 Å². The van der Waals surface area contributed by atoms with Crippen molar-refractivity contribution in [2.45, 2.75) is 26.4 Å². The van der Waals surface area contributed by atoms with Crippen LogP contribution in [-0.4, -0.2) is 65.2 Å². The van der Waals surface area contributed by atoms with E-state index in [0.29, 0.717) is 32.9 Å². The van der Waals surface area contributed by atoms with Gasteiger partial charge in [0.1, 0.15) is 0 Å². The summed E-state index contributed by atoms with van der Waals surface area (Å²) >= 11 is 0. The SMILES string of the molecule is CCNC(=NCC(C)(C)OC)NCCOCCOC. The van der Waals surface area contributed by atoms with Gasteiger partial charge in [-0.2, -0.15) is 0 Å². The van der Waals surface area contributed by atoms with E-state index in [-0.39, 0.29) is 5.60 Å². The average molecular weight is 275 g/mol. The van der Waals surface area contributed by atoms with E-state index < -0.39 is 0 Å². The Morgan fingerprint density at radius 1 is 1.11 bits per heavy atom. The van der Waals surface area contributed by atoms with Gasteiger partial charge in [-0.25, -0.2) is 0 Å². The molecule has 0 unspecified atom stereocenters. The molecule has 0 heterocycles. The van der Waals surface area contributed by atoms with Crippen molar-refractivity contribution >= 4 is 5.96 Å². The first-order chi connectivity index (χ1) is 9.05. The van der Waals surface area contributed by atoms with Crippen LogP contribution in [0.25, 0.3) is 0 Å². The fourth-order valence-corrected chi connectivity index (χ4v) is 1.16. The van der Waals surface area contributed by atoms with E-state index in [1.54, 1.807) is 14.2 Å². The summed E-state index contributed by atoms with van der Waals surface area (Å²) in [5, 5.41) is 6.40. The van der Waals surface area contributed by atoms with Crippen molar-refractivity contribution in [1.82, 2.24) is 10.6 Å². The molecule has 0 aromatic rings. The van der Waals surface area contributed by atoms with E-state index >= 15 is 0 Å². The van der Waals surface area contributed by atoms with Crippen molar-refractivity contribution in [2.24, 2.45) is 4.99 Å². The summed E-state index contributed by atoms with van der Waals surface area (Å²) in [6.45, 7) is 10.0. The van der Waals surface area contributed by atoms with Gasteiger partial charge in [-0.05, 0) is 20.8 Å². The van der Waals surface area contributed by atoms with Crippen LogP contribution in [0.15, 0.2) is 4.99 Å². The number of hydrogen-bond donors (Lipinski definition) is 2. The lowest BCUT2D eigenvalue weighted by molar-refractivity contribution is 0.0310. The minimum absolute atomic E-state index is 0.253. The quantitative estimate of drug-likeness (QED) is 0.348. The molecule has 0 amide bonds. The van der Waals surface area contributed by atoms with Crippen molar-refractivity contribution < 1.29 is 14.2 Å². The highest BCUT2D eigenvalue weighted by Crippen LogP contribution is 2.06. The zero-order valence-corrected chi connectivity index (χ0v) is 12.9. The van der Waals surface area contributed by atoms with Crippen LogP contribution in [-0.2, 0) is 14.2 Å². The number of nitrogens with zero attached hydrogens (tertiary/aromatic N) is 1. The van der Waals surface area contributed by atoms with Crippen molar-refractivity contribution in [2.75, 3.05) is 53.7 Å². The van der Waals surface area contributed by atoms with Gasteiger partial charge < -0.3 is 24.8 Å². The molecule has 0 fully saturated rings. The van der Waals surface area contributed by atoms with E-state index in [1.165, 1.54) is 0 Å². The summed E-state index contributed by atoms with van der Waals surface area (Å²) < 4.78 is 15.6. The van der Waals surface area contributed by atoms with Crippen LogP contribution >= 0.6 is 0 Å². The molecule has 2 N–H and O–H groups in total. The monoisotopic (exact) mass is 275 g/mol. The minimum Gasteiger partial charge on any atom is -0.382 e. The van der Waals surface area contributed by atoms with Gasteiger partial charge in [0.2, 0.25) is 0 Å². The van der Waals surface area contributed by atoms with Crippen LogP contribution in [0.4, 0.5) is 0 Å². The molecule has 0 saturated carbocycles. The predicted molar refractivity (Wildman–Crippen MR) is 77.8 cm³/mol. The van der Waals surface area contributed by atoms with Crippen molar-refractivity contribution in [1.29, 1.82) is 0 Å². The maximum Gasteiger partial charge on any atom is 0.191 e. The Morgan fingerprint density at radius 2 is 1.84 bits per heavy atom. The number of ether oxygens (including phenoxy) is 3. The minimum atomic E-state index is -0.253. The molecule has 0 saturated heterocycles. The molecule has 0 aliphatic carbocycles. The first kappa shape index (κ1) is 18.1. The van der Waals surface area contributed by atoms with Crippen LogP contribution < -0.4 is 10.6 Å². The highest BCUT2D eigenvalue weighted by Gasteiger charge is 2.15. The number of guanidine groups is 1. The lowest BCUT2D eigenvalue weighted by Crippen LogP contribution is -2.40. The number of aliphatic imine (C=N–C) groups is 1. The lowest BCUT2D eigenvalue weighted by atomic mass is 10.1. The molecule has 0 aromatic carbocycles. The van der Waals surface area contributed by atoms with Crippen molar-refractivity contribution in [3.8, 4) is 0 Å². The Kier molecular flexibility index (Phi) is 10.5. The third-order valence-corrected chi connectivity index (χ3v) is 2.49. The van der Waals surface area contributed by atoms with Crippen LogP contribution in [0.3, 0.4) is 0 Å². The van der Waals surface area contributed by atoms with Crippen LogP contribution in [0, 0.1) is 0 Å². The second-order valence-electron chi connectivity index (χ2n) is 4.69. The molecule has 6 nitrogen and oxygen atoms in total. The van der Waals surface area contributed by atoms with Gasteiger partial charge in [0.15, 0.2) is 5.96 Å². The second-order valence-corrected chi connectivity index (χ2v) is 4.69. The standard InChI is InChI=1S/C13H29N3O3/c1-6-14-12(16-11-13(2,3)18-5)15-7-8-19-10-9-17-4/h6-11H2,1-5H3,(H2,14,15,16). The molecule has 0 aliphatic rings. The summed E-state index contributed by atoms with van der Waals surface area (Å²) in [7, 11) is 3.36. The summed E-state index contributed by atoms with van der Waals surface area (Å²) in [6.07, 6.45) is 0. The molecule has 0 atom stereocenters. The Balaban J connectivity index is 3.94. The van der Waals surface area contributed by atoms with E-state index in [9.17, 15) is 0 Å². The smallest absolute Gasteiger partial charge is 0.191 e. The first-order valence-electron chi connectivity index (χ1n) is 6.69. The van der Waals surface area contributed by atoms with Crippen molar-refractivity contribution in [3.63, 3.8) is 0 Å². The van der Waals surface area contributed by atoms with Crippen LogP contribution in [0.1, 0.15) is 20.8 Å². The highest BCUT2D eigenvalue weighted by atomic mass is 16.5. The lowest BCUT2D eigenvalue weighted by Gasteiger charge is -2.21. The fourth-order valence-electron chi connectivity index (χ4n) is 1.16. The zero-order chi connectivity index (χ0) is 14.6. The van der Waals surface area contributed by atoms with Crippen molar-refractivity contribution in [3.05, 3.63) is 0 Å². The number of methoxy groups -OCH3 is 2. The average Bonchev–Trinajstić information content (AvgIpc) is 2.40. The van der Waals surface area contributed by atoms with Gasteiger partial charge in [0.05, 0.1) is 32.0 Å². The topological polar surface area (TPSA) is 64.1 Å². The molecule has 0 rings (SSSR count). The Hall–Kier alpha value is -0.850. The van der Waals surface area contributed by atoms with Gasteiger partial charge >= 0.3 is 0 Å². The third kappa shape index (κ3) is 10.7. The molecule has 0 spiro atoms. The van der Waals surface area contributed by atoms with E-state index in [1.807, 2.05) is 20.8 Å². The summed E-state index contributed by atoms with van der Waals surface area (Å²) in [5.74, 6) is 0.781. The molecule has 0 aromatic heterocycles. The van der Waals surface area contributed by atoms with Gasteiger partial charge in [0.25, 0.3) is 0 Å². The molecule has 114 valence electrons. The second kappa shape index (κ2) is 11.0. The molecule has 0 aliphatic heterocycles. The number of rotatable bonds is 10. The van der Waals surface area contributed by atoms with Crippen LogP contribution in [0.2, 0.25) is 0 Å². The first-order valence-corrected chi connectivity index (χ1v) is 6.69. The zero-order valence-electron chi connectivity index (χ0n) is 12.9. The van der Waals surface area contributed by atoms with Crippen LogP contribution in [0.5, 0.6) is 0 Å². The maximum absolute atomic E-state index is 5.37. The summed E-state index contributed by atoms with van der Waals surface area (Å²) in [6, 6.07) is 0. The highest BCUT2D eigenvalue weighted by molar-refractivity contribution is 5.79. The molecule has 6 heteroatoms. The molecule has 0 radical (unpaired) electrons. The van der Waals surface area contributed by atoms with Gasteiger partial charge in [-0.15, -0.1) is 0 Å². The number of nitrogens with one attached hydrogen (secondary N) is 2. The van der Waals surface area contributed by atoms with E-state index in [0.717, 1.165) is 12.5 Å². The summed E-state index contributed by atoms with van der Waals surface area (Å²) in [5.41, 5.74) is -0.253.